The lowest BCUT2D eigenvalue weighted by Gasteiger charge is -2.28. The fourth-order valence-electron chi connectivity index (χ4n) is 2.61. The number of ether oxygens (including phenoxy) is 2. The van der Waals surface area contributed by atoms with E-state index in [0.29, 0.717) is 34.9 Å². The van der Waals surface area contributed by atoms with Gasteiger partial charge in [-0.05, 0) is 23.6 Å². The van der Waals surface area contributed by atoms with Gasteiger partial charge in [-0.2, -0.15) is 0 Å². The summed E-state index contributed by atoms with van der Waals surface area (Å²) in [6.45, 7) is 6.06. The second-order valence-corrected chi connectivity index (χ2v) is 5.90. The molecule has 1 aromatic rings. The first kappa shape index (κ1) is 13.4. The fourth-order valence-corrected chi connectivity index (χ4v) is 2.88. The lowest BCUT2D eigenvalue weighted by molar-refractivity contribution is 0.174. The van der Waals surface area contributed by atoms with Crippen LogP contribution in [0.25, 0.3) is 0 Å². The average Bonchev–Trinajstić information content (AvgIpc) is 2.97. The Labute approximate surface area is 123 Å². The molecule has 0 spiro atoms. The Hall–Kier alpha value is -1.62. The summed E-state index contributed by atoms with van der Waals surface area (Å²) in [5.74, 6) is 2.42. The smallest absolute Gasteiger partial charge is 0.231 e. The number of benzene rings is 1. The number of nitrogens with two attached hydrogens (primary N) is 1. The first-order valence-electron chi connectivity index (χ1n) is 6.72. The molecule has 2 aliphatic heterocycles. The number of hydrogen-bond acceptors (Lipinski definition) is 5. The summed E-state index contributed by atoms with van der Waals surface area (Å²) < 4.78 is 10.8. The zero-order chi connectivity index (χ0) is 14.3. The van der Waals surface area contributed by atoms with Gasteiger partial charge in [-0.25, -0.2) is 0 Å². The van der Waals surface area contributed by atoms with Gasteiger partial charge >= 0.3 is 0 Å². The summed E-state index contributed by atoms with van der Waals surface area (Å²) in [4.78, 5) is 6.48. The molecular formula is C14H18ClN3O2. The van der Waals surface area contributed by atoms with Crippen LogP contribution in [0.1, 0.15) is 25.5 Å². The summed E-state index contributed by atoms with van der Waals surface area (Å²) in [6, 6.07) is 4.01. The zero-order valence-electron chi connectivity index (χ0n) is 11.6. The van der Waals surface area contributed by atoms with E-state index in [1.165, 1.54) is 0 Å². The second-order valence-electron chi connectivity index (χ2n) is 5.50. The summed E-state index contributed by atoms with van der Waals surface area (Å²) in [7, 11) is 0. The Kier molecular flexibility index (Phi) is 3.38. The molecule has 5 nitrogen and oxygen atoms in total. The molecule has 2 aliphatic rings. The van der Waals surface area contributed by atoms with Gasteiger partial charge < -0.3 is 20.1 Å². The van der Waals surface area contributed by atoms with E-state index in [4.69, 9.17) is 26.8 Å². The van der Waals surface area contributed by atoms with Gasteiger partial charge in [0, 0.05) is 6.54 Å². The summed E-state index contributed by atoms with van der Waals surface area (Å²) >= 11 is 6.25. The second kappa shape index (κ2) is 5.05. The molecule has 1 aromatic carbocycles. The van der Waals surface area contributed by atoms with Gasteiger partial charge in [0.15, 0.2) is 17.5 Å². The lowest BCUT2D eigenvalue weighted by Crippen LogP contribution is -2.38. The maximum absolute atomic E-state index is 6.25. The molecule has 6 heteroatoms. The predicted molar refractivity (Wildman–Crippen MR) is 78.3 cm³/mol. The van der Waals surface area contributed by atoms with E-state index >= 15 is 0 Å². The Morgan fingerprint density at radius 3 is 3.00 bits per heavy atom. The third-order valence-electron chi connectivity index (χ3n) is 3.49. The van der Waals surface area contributed by atoms with Crippen LogP contribution in [-0.4, -0.2) is 30.7 Å². The van der Waals surface area contributed by atoms with Crippen molar-refractivity contribution in [3.63, 3.8) is 0 Å². The highest BCUT2D eigenvalue weighted by Gasteiger charge is 2.30. The van der Waals surface area contributed by atoms with Crippen LogP contribution >= 0.6 is 11.6 Å². The minimum Gasteiger partial charge on any atom is -0.454 e. The molecule has 0 aromatic heterocycles. The number of aliphatic imine (C=N–C) groups is 1. The molecule has 108 valence electrons. The summed E-state index contributed by atoms with van der Waals surface area (Å²) in [6.07, 6.45) is 0. The van der Waals surface area contributed by atoms with Crippen molar-refractivity contribution in [2.24, 2.45) is 16.6 Å². The molecule has 0 amide bonds. The lowest BCUT2D eigenvalue weighted by atomic mass is 10.0. The monoisotopic (exact) mass is 295 g/mol. The highest BCUT2D eigenvalue weighted by atomic mass is 35.5. The van der Waals surface area contributed by atoms with Crippen LogP contribution in [0.3, 0.4) is 0 Å². The highest BCUT2D eigenvalue weighted by Crippen LogP contribution is 2.42. The first-order chi connectivity index (χ1) is 9.56. The number of nitrogens with zero attached hydrogens (tertiary/aromatic N) is 2. The molecule has 0 aliphatic carbocycles. The number of fused-ring (bicyclic) bond motifs is 1. The van der Waals surface area contributed by atoms with Gasteiger partial charge in [0.25, 0.3) is 0 Å². The van der Waals surface area contributed by atoms with E-state index < -0.39 is 0 Å². The molecule has 0 bridgehead atoms. The van der Waals surface area contributed by atoms with E-state index in [-0.39, 0.29) is 12.8 Å². The van der Waals surface area contributed by atoms with Gasteiger partial charge in [-0.3, -0.25) is 4.99 Å². The normalized spacial score (nSPS) is 20.7. The van der Waals surface area contributed by atoms with E-state index in [1.807, 2.05) is 12.1 Å². The number of rotatable bonds is 3. The van der Waals surface area contributed by atoms with Crippen LogP contribution in [-0.2, 0) is 0 Å². The van der Waals surface area contributed by atoms with E-state index in [1.54, 1.807) is 0 Å². The van der Waals surface area contributed by atoms with Crippen molar-refractivity contribution >= 4 is 17.6 Å². The van der Waals surface area contributed by atoms with E-state index in [0.717, 1.165) is 12.1 Å². The molecule has 0 fully saturated rings. The van der Waals surface area contributed by atoms with E-state index in [9.17, 15) is 0 Å². The van der Waals surface area contributed by atoms with Crippen LogP contribution in [0, 0.1) is 5.92 Å². The topological polar surface area (TPSA) is 60.1 Å². The maximum atomic E-state index is 6.25. The third-order valence-corrected chi connectivity index (χ3v) is 3.77. The van der Waals surface area contributed by atoms with Crippen molar-refractivity contribution in [3.05, 3.63) is 22.7 Å². The van der Waals surface area contributed by atoms with Gasteiger partial charge in [0.1, 0.15) is 0 Å². The standard InChI is InChI=1S/C14H18ClN3O2/c1-8(2)6-18-11(5-17-14(18)16)9-3-10(15)13-12(4-9)19-7-20-13/h3-4,8,11H,5-7H2,1-2H3,(H2,16,17). The summed E-state index contributed by atoms with van der Waals surface area (Å²) in [5, 5.41) is 0.574. The van der Waals surface area contributed by atoms with Crippen molar-refractivity contribution in [1.29, 1.82) is 0 Å². The molecule has 0 saturated carbocycles. The average molecular weight is 296 g/mol. The number of halogens is 1. The van der Waals surface area contributed by atoms with Crippen LogP contribution in [0.15, 0.2) is 17.1 Å². The van der Waals surface area contributed by atoms with Gasteiger partial charge in [-0.15, -0.1) is 0 Å². The van der Waals surface area contributed by atoms with Gasteiger partial charge in [0.2, 0.25) is 6.79 Å². The van der Waals surface area contributed by atoms with Gasteiger partial charge in [0.05, 0.1) is 17.6 Å². The SMILES string of the molecule is CC(C)CN1C(N)=NCC1c1cc(Cl)c2c(c1)OCO2. The highest BCUT2D eigenvalue weighted by molar-refractivity contribution is 6.32. The van der Waals surface area contributed by atoms with Crippen molar-refractivity contribution < 1.29 is 9.47 Å². The van der Waals surface area contributed by atoms with Crippen LogP contribution in [0.5, 0.6) is 11.5 Å². The fraction of sp³-hybridized carbons (Fsp3) is 0.500. The van der Waals surface area contributed by atoms with Crippen molar-refractivity contribution in [1.82, 2.24) is 4.90 Å². The van der Waals surface area contributed by atoms with Crippen molar-refractivity contribution in [2.45, 2.75) is 19.9 Å². The molecule has 1 unspecified atom stereocenters. The molecule has 2 heterocycles. The molecule has 0 radical (unpaired) electrons. The maximum Gasteiger partial charge on any atom is 0.231 e. The molecular weight excluding hydrogens is 278 g/mol. The molecule has 0 saturated heterocycles. The van der Waals surface area contributed by atoms with Crippen LogP contribution < -0.4 is 15.2 Å². The van der Waals surface area contributed by atoms with Crippen LogP contribution in [0.2, 0.25) is 5.02 Å². The predicted octanol–water partition coefficient (Wildman–Crippen LogP) is 2.40. The van der Waals surface area contributed by atoms with Crippen molar-refractivity contribution in [3.8, 4) is 11.5 Å². The van der Waals surface area contributed by atoms with E-state index in [2.05, 4.69) is 23.7 Å². The Balaban J connectivity index is 1.91. The quantitative estimate of drug-likeness (QED) is 0.930. The minimum atomic E-state index is 0.115. The Morgan fingerprint density at radius 1 is 1.45 bits per heavy atom. The molecule has 1 atom stereocenters. The Morgan fingerprint density at radius 2 is 2.25 bits per heavy atom. The molecule has 20 heavy (non-hydrogen) atoms. The molecule has 3 rings (SSSR count). The number of guanidine groups is 1. The molecule has 2 N–H and O–H groups in total. The minimum absolute atomic E-state index is 0.115. The van der Waals surface area contributed by atoms with Crippen LogP contribution in [0.4, 0.5) is 0 Å². The Bertz CT molecular complexity index is 560. The van der Waals surface area contributed by atoms with Gasteiger partial charge in [-0.1, -0.05) is 25.4 Å². The summed E-state index contributed by atoms with van der Waals surface area (Å²) in [5.41, 5.74) is 7.05. The zero-order valence-corrected chi connectivity index (χ0v) is 12.4. The van der Waals surface area contributed by atoms with Crippen molar-refractivity contribution in [2.75, 3.05) is 19.9 Å². The first-order valence-corrected chi connectivity index (χ1v) is 7.09. The third kappa shape index (κ3) is 2.26. The number of hydrogen-bond donors (Lipinski definition) is 1. The largest absolute Gasteiger partial charge is 0.454 e.